The highest BCUT2D eigenvalue weighted by Crippen LogP contribution is 2.22. The lowest BCUT2D eigenvalue weighted by Crippen LogP contribution is -2.45. The first-order valence-electron chi connectivity index (χ1n) is 9.74. The van der Waals surface area contributed by atoms with Crippen LogP contribution < -0.4 is 10.6 Å². The SMILES string of the molecule is CCc1ccc(C(C)(C)CNC(=NC)NCC2CCN(CC)C2)cc1. The van der Waals surface area contributed by atoms with Gasteiger partial charge in [0, 0.05) is 32.1 Å². The zero-order valence-electron chi connectivity index (χ0n) is 16.7. The molecule has 0 amide bonds. The van der Waals surface area contributed by atoms with E-state index in [1.807, 2.05) is 7.05 Å². The Morgan fingerprint density at radius 1 is 1.20 bits per heavy atom. The minimum Gasteiger partial charge on any atom is -0.356 e. The first kappa shape index (κ1) is 19.8. The zero-order valence-corrected chi connectivity index (χ0v) is 16.7. The van der Waals surface area contributed by atoms with Crippen LogP contribution in [-0.4, -0.2) is 50.6 Å². The Bertz CT molecular complexity index is 548. The number of aryl methyl sites for hydroxylation is 1. The van der Waals surface area contributed by atoms with Gasteiger partial charge in [-0.3, -0.25) is 4.99 Å². The molecule has 1 aliphatic heterocycles. The van der Waals surface area contributed by atoms with E-state index in [1.54, 1.807) is 0 Å². The Morgan fingerprint density at radius 3 is 2.48 bits per heavy atom. The van der Waals surface area contributed by atoms with E-state index in [-0.39, 0.29) is 5.41 Å². The van der Waals surface area contributed by atoms with Crippen molar-refractivity contribution in [2.75, 3.05) is 39.8 Å². The van der Waals surface area contributed by atoms with E-state index in [1.165, 1.54) is 30.6 Å². The predicted octanol–water partition coefficient (Wildman–Crippen LogP) is 3.03. The van der Waals surface area contributed by atoms with E-state index in [2.05, 4.69) is 72.5 Å². The van der Waals surface area contributed by atoms with Gasteiger partial charge in [0.1, 0.15) is 0 Å². The van der Waals surface area contributed by atoms with Crippen molar-refractivity contribution in [3.8, 4) is 0 Å². The topological polar surface area (TPSA) is 39.7 Å². The molecule has 1 aromatic carbocycles. The first-order valence-corrected chi connectivity index (χ1v) is 9.74. The molecule has 140 valence electrons. The smallest absolute Gasteiger partial charge is 0.191 e. The van der Waals surface area contributed by atoms with Gasteiger partial charge in [0.25, 0.3) is 0 Å². The number of hydrogen-bond donors (Lipinski definition) is 2. The van der Waals surface area contributed by atoms with Gasteiger partial charge in [0.05, 0.1) is 0 Å². The van der Waals surface area contributed by atoms with Gasteiger partial charge in [0.15, 0.2) is 5.96 Å². The van der Waals surface area contributed by atoms with E-state index in [0.717, 1.165) is 37.9 Å². The third kappa shape index (κ3) is 5.74. The minimum absolute atomic E-state index is 0.0657. The highest BCUT2D eigenvalue weighted by Gasteiger charge is 2.23. The van der Waals surface area contributed by atoms with Crippen LogP contribution in [0.3, 0.4) is 0 Å². The lowest BCUT2D eigenvalue weighted by atomic mass is 9.84. The summed E-state index contributed by atoms with van der Waals surface area (Å²) >= 11 is 0. The molecule has 4 heteroatoms. The highest BCUT2D eigenvalue weighted by molar-refractivity contribution is 5.79. The maximum atomic E-state index is 4.39. The van der Waals surface area contributed by atoms with Crippen LogP contribution in [0.4, 0.5) is 0 Å². The van der Waals surface area contributed by atoms with E-state index in [0.29, 0.717) is 0 Å². The van der Waals surface area contributed by atoms with Crippen LogP contribution in [-0.2, 0) is 11.8 Å². The molecule has 0 aliphatic carbocycles. The molecular formula is C21H36N4. The number of nitrogens with zero attached hydrogens (tertiary/aromatic N) is 2. The predicted molar refractivity (Wildman–Crippen MR) is 108 cm³/mol. The molecule has 1 aromatic rings. The molecule has 1 atom stereocenters. The fraction of sp³-hybridized carbons (Fsp3) is 0.667. The van der Waals surface area contributed by atoms with Crippen LogP contribution in [0.25, 0.3) is 0 Å². The second-order valence-corrected chi connectivity index (χ2v) is 7.79. The van der Waals surface area contributed by atoms with Crippen molar-refractivity contribution in [2.45, 2.75) is 46.0 Å². The Balaban J connectivity index is 1.82. The minimum atomic E-state index is 0.0657. The summed E-state index contributed by atoms with van der Waals surface area (Å²) in [6.45, 7) is 14.5. The van der Waals surface area contributed by atoms with Crippen LogP contribution in [0.2, 0.25) is 0 Å². The fourth-order valence-electron chi connectivity index (χ4n) is 3.43. The number of hydrogen-bond acceptors (Lipinski definition) is 2. The molecule has 1 saturated heterocycles. The van der Waals surface area contributed by atoms with Gasteiger partial charge in [0.2, 0.25) is 0 Å². The molecule has 0 spiro atoms. The van der Waals surface area contributed by atoms with Gasteiger partial charge in [-0.2, -0.15) is 0 Å². The summed E-state index contributed by atoms with van der Waals surface area (Å²) in [5.41, 5.74) is 2.82. The van der Waals surface area contributed by atoms with Crippen LogP contribution in [0.5, 0.6) is 0 Å². The Labute approximate surface area is 154 Å². The maximum Gasteiger partial charge on any atom is 0.191 e. The van der Waals surface area contributed by atoms with Gasteiger partial charge in [-0.05, 0) is 43.0 Å². The summed E-state index contributed by atoms with van der Waals surface area (Å²) in [4.78, 5) is 6.91. The third-order valence-electron chi connectivity index (χ3n) is 5.44. The summed E-state index contributed by atoms with van der Waals surface area (Å²) in [6.07, 6.45) is 2.37. The normalized spacial score (nSPS) is 19.2. The standard InChI is InChI=1S/C21H36N4/c1-6-17-8-10-19(11-9-17)21(3,4)16-24-20(22-5)23-14-18-12-13-25(7-2)15-18/h8-11,18H,6-7,12-16H2,1-5H3,(H2,22,23,24). The molecule has 1 aliphatic rings. The molecule has 0 saturated carbocycles. The zero-order chi connectivity index (χ0) is 18.3. The molecule has 1 unspecified atom stereocenters. The first-order chi connectivity index (χ1) is 12.0. The molecule has 0 aromatic heterocycles. The van der Waals surface area contributed by atoms with E-state index in [9.17, 15) is 0 Å². The van der Waals surface area contributed by atoms with Crippen molar-refractivity contribution in [1.82, 2.24) is 15.5 Å². The van der Waals surface area contributed by atoms with Crippen LogP contribution >= 0.6 is 0 Å². The van der Waals surface area contributed by atoms with Gasteiger partial charge < -0.3 is 15.5 Å². The molecule has 25 heavy (non-hydrogen) atoms. The van der Waals surface area contributed by atoms with Crippen molar-refractivity contribution in [1.29, 1.82) is 0 Å². The molecule has 1 heterocycles. The van der Waals surface area contributed by atoms with Crippen molar-refractivity contribution in [2.24, 2.45) is 10.9 Å². The number of rotatable bonds is 7. The second-order valence-electron chi connectivity index (χ2n) is 7.79. The largest absolute Gasteiger partial charge is 0.356 e. The van der Waals surface area contributed by atoms with Gasteiger partial charge in [-0.1, -0.05) is 52.0 Å². The molecule has 1 fully saturated rings. The van der Waals surface area contributed by atoms with Crippen LogP contribution in [0.15, 0.2) is 29.3 Å². The van der Waals surface area contributed by atoms with Gasteiger partial charge in [-0.25, -0.2) is 0 Å². The summed E-state index contributed by atoms with van der Waals surface area (Å²) in [5, 5.41) is 7.02. The van der Waals surface area contributed by atoms with E-state index in [4.69, 9.17) is 0 Å². The van der Waals surface area contributed by atoms with Crippen molar-refractivity contribution in [3.05, 3.63) is 35.4 Å². The summed E-state index contributed by atoms with van der Waals surface area (Å²) < 4.78 is 0. The van der Waals surface area contributed by atoms with E-state index >= 15 is 0 Å². The second kappa shape index (κ2) is 9.23. The number of aliphatic imine (C=N–C) groups is 1. The fourth-order valence-corrected chi connectivity index (χ4v) is 3.43. The monoisotopic (exact) mass is 344 g/mol. The van der Waals surface area contributed by atoms with Crippen LogP contribution in [0.1, 0.15) is 45.2 Å². The van der Waals surface area contributed by atoms with Crippen molar-refractivity contribution in [3.63, 3.8) is 0 Å². The average molecular weight is 345 g/mol. The molecule has 4 nitrogen and oxygen atoms in total. The average Bonchev–Trinajstić information content (AvgIpc) is 3.10. The third-order valence-corrected chi connectivity index (χ3v) is 5.44. The lowest BCUT2D eigenvalue weighted by molar-refractivity contribution is 0.341. The number of guanidine groups is 1. The molecule has 0 radical (unpaired) electrons. The van der Waals surface area contributed by atoms with Gasteiger partial charge >= 0.3 is 0 Å². The Hall–Kier alpha value is -1.55. The molecule has 2 rings (SSSR count). The Kier molecular flexibility index (Phi) is 7.30. The highest BCUT2D eigenvalue weighted by atomic mass is 15.2. The molecule has 2 N–H and O–H groups in total. The number of benzene rings is 1. The lowest BCUT2D eigenvalue weighted by Gasteiger charge is -2.27. The quantitative estimate of drug-likeness (QED) is 0.590. The summed E-state index contributed by atoms with van der Waals surface area (Å²) in [5.74, 6) is 1.64. The van der Waals surface area contributed by atoms with Crippen LogP contribution in [0, 0.1) is 5.92 Å². The number of likely N-dealkylation sites (tertiary alicyclic amines) is 1. The van der Waals surface area contributed by atoms with Crippen molar-refractivity contribution >= 4 is 5.96 Å². The molecular weight excluding hydrogens is 308 g/mol. The summed E-state index contributed by atoms with van der Waals surface area (Å²) in [6, 6.07) is 9.00. The maximum absolute atomic E-state index is 4.39. The molecule has 0 bridgehead atoms. The van der Waals surface area contributed by atoms with Crippen molar-refractivity contribution < 1.29 is 0 Å². The van der Waals surface area contributed by atoms with Gasteiger partial charge in [-0.15, -0.1) is 0 Å². The summed E-state index contributed by atoms with van der Waals surface area (Å²) in [7, 11) is 1.85. The number of nitrogens with one attached hydrogen (secondary N) is 2. The van der Waals surface area contributed by atoms with E-state index < -0.39 is 0 Å². The Morgan fingerprint density at radius 2 is 1.92 bits per heavy atom.